The van der Waals surface area contributed by atoms with Crippen molar-refractivity contribution in [2.24, 2.45) is 0 Å². The Hall–Kier alpha value is -2.29. The van der Waals surface area contributed by atoms with Gasteiger partial charge in [0.2, 0.25) is 0 Å². The molecule has 0 spiro atoms. The highest BCUT2D eigenvalue weighted by Crippen LogP contribution is 2.35. The number of hydrogen-bond donors (Lipinski definition) is 1. The SMILES string of the molecule is C=CC(C)(C)c1ccc2c(CC(=O)OC)c(C(C)(C)C=C)[nH]c2c1. The molecule has 2 rings (SSSR count). The number of aromatic nitrogens is 1. The van der Waals surface area contributed by atoms with Crippen LogP contribution in [0.3, 0.4) is 0 Å². The van der Waals surface area contributed by atoms with Gasteiger partial charge >= 0.3 is 5.97 Å². The van der Waals surface area contributed by atoms with Crippen LogP contribution in [0.5, 0.6) is 0 Å². The Labute approximate surface area is 144 Å². The van der Waals surface area contributed by atoms with E-state index in [2.05, 4.69) is 64.0 Å². The second-order valence-corrected chi connectivity index (χ2v) is 7.34. The van der Waals surface area contributed by atoms with E-state index in [1.54, 1.807) is 0 Å². The Morgan fingerprint density at radius 1 is 1.17 bits per heavy atom. The average molecular weight is 325 g/mol. The second-order valence-electron chi connectivity index (χ2n) is 7.34. The Kier molecular flexibility index (Phi) is 4.75. The number of esters is 1. The molecule has 0 unspecified atom stereocenters. The molecule has 1 heterocycles. The van der Waals surface area contributed by atoms with E-state index >= 15 is 0 Å². The van der Waals surface area contributed by atoms with E-state index in [9.17, 15) is 4.79 Å². The lowest BCUT2D eigenvalue weighted by Crippen LogP contribution is -2.17. The number of H-pyrrole nitrogens is 1. The number of methoxy groups -OCH3 is 1. The molecule has 128 valence electrons. The molecule has 2 aromatic rings. The van der Waals surface area contributed by atoms with Crippen LogP contribution in [0.2, 0.25) is 0 Å². The zero-order valence-corrected chi connectivity index (χ0v) is 15.3. The van der Waals surface area contributed by atoms with Gasteiger partial charge in [0.25, 0.3) is 0 Å². The van der Waals surface area contributed by atoms with E-state index in [0.717, 1.165) is 22.2 Å². The third-order valence-electron chi connectivity index (χ3n) is 4.86. The largest absolute Gasteiger partial charge is 0.469 e. The first kappa shape index (κ1) is 18.1. The van der Waals surface area contributed by atoms with Crippen molar-refractivity contribution in [1.82, 2.24) is 4.98 Å². The summed E-state index contributed by atoms with van der Waals surface area (Å²) in [7, 11) is 1.42. The van der Waals surface area contributed by atoms with Gasteiger partial charge in [-0.3, -0.25) is 4.79 Å². The number of allylic oxidation sites excluding steroid dienone is 2. The highest BCUT2D eigenvalue weighted by molar-refractivity contribution is 5.90. The normalized spacial score (nSPS) is 12.2. The molecule has 0 aliphatic rings. The summed E-state index contributed by atoms with van der Waals surface area (Å²) >= 11 is 0. The topological polar surface area (TPSA) is 42.1 Å². The van der Waals surface area contributed by atoms with Gasteiger partial charge in [0.15, 0.2) is 0 Å². The lowest BCUT2D eigenvalue weighted by molar-refractivity contribution is -0.139. The number of carbonyl (C=O) groups is 1. The number of benzene rings is 1. The summed E-state index contributed by atoms with van der Waals surface area (Å²) in [4.78, 5) is 15.4. The minimum atomic E-state index is -0.267. The lowest BCUT2D eigenvalue weighted by Gasteiger charge is -2.20. The quantitative estimate of drug-likeness (QED) is 0.611. The summed E-state index contributed by atoms with van der Waals surface area (Å²) < 4.78 is 4.88. The van der Waals surface area contributed by atoms with Gasteiger partial charge in [-0.05, 0) is 17.2 Å². The van der Waals surface area contributed by atoms with Crippen LogP contribution in [-0.4, -0.2) is 18.1 Å². The van der Waals surface area contributed by atoms with E-state index in [-0.39, 0.29) is 23.2 Å². The summed E-state index contributed by atoms with van der Waals surface area (Å²) in [6.45, 7) is 16.3. The van der Waals surface area contributed by atoms with Crippen LogP contribution < -0.4 is 0 Å². The van der Waals surface area contributed by atoms with Crippen molar-refractivity contribution in [2.75, 3.05) is 7.11 Å². The molecule has 3 nitrogen and oxygen atoms in total. The zero-order valence-electron chi connectivity index (χ0n) is 15.3. The van der Waals surface area contributed by atoms with Gasteiger partial charge in [0.1, 0.15) is 0 Å². The van der Waals surface area contributed by atoms with E-state index in [4.69, 9.17) is 4.74 Å². The molecule has 0 aliphatic heterocycles. The summed E-state index contributed by atoms with van der Waals surface area (Å²) in [5.74, 6) is -0.243. The van der Waals surface area contributed by atoms with Gasteiger partial charge in [0.05, 0.1) is 13.5 Å². The fourth-order valence-corrected chi connectivity index (χ4v) is 2.83. The van der Waals surface area contributed by atoms with Gasteiger partial charge < -0.3 is 9.72 Å². The predicted molar refractivity (Wildman–Crippen MR) is 100 cm³/mol. The van der Waals surface area contributed by atoms with Crippen molar-refractivity contribution in [1.29, 1.82) is 0 Å². The number of nitrogens with one attached hydrogen (secondary N) is 1. The fourth-order valence-electron chi connectivity index (χ4n) is 2.83. The van der Waals surface area contributed by atoms with Crippen molar-refractivity contribution in [2.45, 2.75) is 44.9 Å². The van der Waals surface area contributed by atoms with Crippen LogP contribution in [0.1, 0.15) is 44.5 Å². The molecule has 0 fully saturated rings. The Bertz CT molecular complexity index is 794. The van der Waals surface area contributed by atoms with Gasteiger partial charge in [-0.2, -0.15) is 0 Å². The minimum Gasteiger partial charge on any atom is -0.469 e. The van der Waals surface area contributed by atoms with Crippen LogP contribution in [-0.2, 0) is 26.8 Å². The second kappa shape index (κ2) is 6.31. The highest BCUT2D eigenvalue weighted by Gasteiger charge is 2.26. The predicted octanol–water partition coefficient (Wildman–Crippen LogP) is 4.81. The van der Waals surface area contributed by atoms with Gasteiger partial charge in [-0.25, -0.2) is 0 Å². The van der Waals surface area contributed by atoms with E-state index in [0.29, 0.717) is 0 Å². The number of carbonyl (C=O) groups excluding carboxylic acids is 1. The summed E-state index contributed by atoms with van der Waals surface area (Å²) in [6.07, 6.45) is 4.08. The first-order valence-electron chi connectivity index (χ1n) is 8.16. The van der Waals surface area contributed by atoms with Gasteiger partial charge in [-0.1, -0.05) is 52.0 Å². The molecule has 1 aromatic carbocycles. The molecule has 0 amide bonds. The maximum Gasteiger partial charge on any atom is 0.310 e. The lowest BCUT2D eigenvalue weighted by atomic mass is 9.84. The number of rotatable bonds is 6. The van der Waals surface area contributed by atoms with E-state index in [1.165, 1.54) is 12.7 Å². The first-order chi connectivity index (χ1) is 11.2. The van der Waals surface area contributed by atoms with Crippen molar-refractivity contribution < 1.29 is 9.53 Å². The number of ether oxygens (including phenoxy) is 1. The summed E-state index contributed by atoms with van der Waals surface area (Å²) in [6, 6.07) is 6.32. The smallest absolute Gasteiger partial charge is 0.310 e. The summed E-state index contributed by atoms with van der Waals surface area (Å²) in [5, 5.41) is 1.05. The molecule has 0 saturated heterocycles. The van der Waals surface area contributed by atoms with Crippen LogP contribution in [0.4, 0.5) is 0 Å². The molecular weight excluding hydrogens is 298 g/mol. The molecule has 0 radical (unpaired) electrons. The van der Waals surface area contributed by atoms with Crippen LogP contribution in [0, 0.1) is 0 Å². The maximum atomic E-state index is 11.9. The van der Waals surface area contributed by atoms with Crippen molar-refractivity contribution >= 4 is 16.9 Å². The Morgan fingerprint density at radius 2 is 1.79 bits per heavy atom. The zero-order chi connectivity index (χ0) is 18.1. The van der Waals surface area contributed by atoms with Crippen molar-refractivity contribution in [3.05, 3.63) is 60.3 Å². The molecule has 1 N–H and O–H groups in total. The van der Waals surface area contributed by atoms with Gasteiger partial charge in [0, 0.05) is 27.4 Å². The molecule has 24 heavy (non-hydrogen) atoms. The standard InChI is InChI=1S/C21H27NO2/c1-8-20(3,4)14-10-11-15-16(13-18(23)24-7)19(21(5,6)9-2)22-17(15)12-14/h8-12,22H,1-2,13H2,3-7H3. The van der Waals surface area contributed by atoms with E-state index in [1.807, 2.05) is 12.2 Å². The maximum absolute atomic E-state index is 11.9. The molecule has 0 atom stereocenters. The summed E-state index contributed by atoms with van der Waals surface area (Å²) in [5.41, 5.74) is 3.80. The van der Waals surface area contributed by atoms with Crippen molar-refractivity contribution in [3.8, 4) is 0 Å². The molecule has 3 heteroatoms. The first-order valence-corrected chi connectivity index (χ1v) is 8.16. The van der Waals surface area contributed by atoms with Gasteiger partial charge in [-0.15, -0.1) is 13.2 Å². The molecule has 1 aromatic heterocycles. The van der Waals surface area contributed by atoms with Crippen molar-refractivity contribution in [3.63, 3.8) is 0 Å². The Morgan fingerprint density at radius 3 is 2.33 bits per heavy atom. The third-order valence-corrected chi connectivity index (χ3v) is 4.86. The third kappa shape index (κ3) is 3.16. The van der Waals surface area contributed by atoms with Crippen LogP contribution in [0.25, 0.3) is 10.9 Å². The fraction of sp³-hybridized carbons (Fsp3) is 0.381. The number of hydrogen-bond acceptors (Lipinski definition) is 2. The van der Waals surface area contributed by atoms with E-state index < -0.39 is 0 Å². The number of aromatic amines is 1. The van der Waals surface area contributed by atoms with Crippen LogP contribution >= 0.6 is 0 Å². The minimum absolute atomic E-state index is 0.115. The molecular formula is C21H27NO2. The highest BCUT2D eigenvalue weighted by atomic mass is 16.5. The monoisotopic (exact) mass is 325 g/mol. The molecule has 0 saturated carbocycles. The number of fused-ring (bicyclic) bond motifs is 1. The molecule has 0 aliphatic carbocycles. The average Bonchev–Trinajstić information content (AvgIpc) is 2.93. The van der Waals surface area contributed by atoms with Crippen LogP contribution in [0.15, 0.2) is 43.5 Å². The molecule has 0 bridgehead atoms. The Balaban J connectivity index is 2.71.